The molecule has 1 aliphatic heterocycles. The molecule has 3 aromatic rings. The predicted molar refractivity (Wildman–Crippen MR) is 115 cm³/mol. The van der Waals surface area contributed by atoms with Gasteiger partial charge in [-0.1, -0.05) is 90.0 Å². The lowest BCUT2D eigenvalue weighted by atomic mass is 10.0. The van der Waals surface area contributed by atoms with Gasteiger partial charge in [0.1, 0.15) is 6.04 Å². The van der Waals surface area contributed by atoms with Gasteiger partial charge in [0, 0.05) is 12.6 Å². The first-order valence-corrected chi connectivity index (χ1v) is 9.82. The molecule has 0 saturated heterocycles. The number of hydrogen-bond acceptors (Lipinski definition) is 3. The molecule has 0 N–H and O–H groups in total. The Bertz CT molecular complexity index is 1020. The highest BCUT2D eigenvalue weighted by molar-refractivity contribution is 5.37. The highest BCUT2D eigenvalue weighted by atomic mass is 16.6. The molecule has 0 spiro atoms. The predicted octanol–water partition coefficient (Wildman–Crippen LogP) is 5.76. The van der Waals surface area contributed by atoms with Crippen molar-refractivity contribution in [3.63, 3.8) is 0 Å². The third-order valence-corrected chi connectivity index (χ3v) is 5.53. The third kappa shape index (κ3) is 3.98. The fraction of sp³-hybridized carbons (Fsp3) is 0.200. The van der Waals surface area contributed by atoms with E-state index in [1.807, 2.05) is 62.4 Å². The van der Waals surface area contributed by atoms with Crippen LogP contribution in [0.25, 0.3) is 0 Å². The number of hydrogen-bond donors (Lipinski definition) is 0. The minimum atomic E-state index is -0.392. The molecule has 1 heterocycles. The van der Waals surface area contributed by atoms with Crippen molar-refractivity contribution in [2.24, 2.45) is 0 Å². The Balaban J connectivity index is 1.81. The van der Waals surface area contributed by atoms with E-state index in [0.717, 1.165) is 22.3 Å². The largest absolute Gasteiger partial charge is 0.272 e. The van der Waals surface area contributed by atoms with E-state index < -0.39 is 6.04 Å². The van der Waals surface area contributed by atoms with Gasteiger partial charge in [0.05, 0.1) is 11.0 Å². The van der Waals surface area contributed by atoms with Crippen LogP contribution >= 0.6 is 0 Å². The smallest absolute Gasteiger partial charge is 0.265 e. The Hall–Kier alpha value is -3.24. The van der Waals surface area contributed by atoms with Gasteiger partial charge >= 0.3 is 0 Å². The number of nitro groups is 1. The van der Waals surface area contributed by atoms with Crippen molar-refractivity contribution in [1.82, 2.24) is 4.90 Å². The van der Waals surface area contributed by atoms with Crippen LogP contribution in [0.2, 0.25) is 0 Å². The van der Waals surface area contributed by atoms with E-state index >= 15 is 0 Å². The lowest BCUT2D eigenvalue weighted by Gasteiger charge is -2.30. The monoisotopic (exact) mass is 384 g/mol. The van der Waals surface area contributed by atoms with Gasteiger partial charge in [0.15, 0.2) is 0 Å². The van der Waals surface area contributed by atoms with E-state index in [4.69, 9.17) is 0 Å². The normalized spacial score (nSPS) is 19.2. The van der Waals surface area contributed by atoms with Crippen molar-refractivity contribution in [2.45, 2.75) is 32.5 Å². The minimum Gasteiger partial charge on any atom is -0.272 e. The van der Waals surface area contributed by atoms with Gasteiger partial charge in [-0.25, -0.2) is 0 Å². The van der Waals surface area contributed by atoms with Gasteiger partial charge in [-0.15, -0.1) is 0 Å². The molecule has 3 aromatic carbocycles. The van der Waals surface area contributed by atoms with Gasteiger partial charge in [-0.3, -0.25) is 15.0 Å². The summed E-state index contributed by atoms with van der Waals surface area (Å²) in [5.41, 5.74) is 5.72. The summed E-state index contributed by atoms with van der Waals surface area (Å²) < 4.78 is 0. The Kier molecular flexibility index (Phi) is 5.28. The lowest BCUT2D eigenvalue weighted by molar-refractivity contribution is -0.431. The molecule has 1 aliphatic rings. The highest BCUT2D eigenvalue weighted by Crippen LogP contribution is 2.44. The zero-order chi connectivity index (χ0) is 20.4. The molecule has 0 aliphatic carbocycles. The summed E-state index contributed by atoms with van der Waals surface area (Å²) in [6.45, 7) is 4.71. The van der Waals surface area contributed by atoms with Crippen LogP contribution in [0.1, 0.15) is 39.9 Å². The first-order valence-electron chi connectivity index (χ1n) is 9.82. The summed E-state index contributed by atoms with van der Waals surface area (Å²) in [5, 5.41) is 12.0. The molecule has 0 unspecified atom stereocenters. The molecule has 0 radical (unpaired) electrons. The molecular weight excluding hydrogens is 360 g/mol. The van der Waals surface area contributed by atoms with Gasteiger partial charge < -0.3 is 0 Å². The number of nitrogens with zero attached hydrogens (tertiary/aromatic N) is 2. The van der Waals surface area contributed by atoms with E-state index in [-0.39, 0.29) is 16.7 Å². The Morgan fingerprint density at radius 1 is 0.828 bits per heavy atom. The van der Waals surface area contributed by atoms with Crippen LogP contribution in [0.3, 0.4) is 0 Å². The topological polar surface area (TPSA) is 46.4 Å². The lowest BCUT2D eigenvalue weighted by Crippen LogP contribution is -2.29. The maximum atomic E-state index is 12.0. The molecule has 29 heavy (non-hydrogen) atoms. The van der Waals surface area contributed by atoms with Crippen LogP contribution in [0, 0.1) is 24.0 Å². The molecule has 0 amide bonds. The van der Waals surface area contributed by atoms with Crippen molar-refractivity contribution in [3.8, 4) is 0 Å². The average Bonchev–Trinajstić information content (AvgIpc) is 3.09. The van der Waals surface area contributed by atoms with E-state index in [2.05, 4.69) is 41.3 Å². The van der Waals surface area contributed by atoms with Crippen LogP contribution in [0.4, 0.5) is 0 Å². The fourth-order valence-electron chi connectivity index (χ4n) is 3.99. The van der Waals surface area contributed by atoms with Crippen molar-refractivity contribution >= 4 is 0 Å². The van der Waals surface area contributed by atoms with Crippen LogP contribution < -0.4 is 0 Å². The summed E-state index contributed by atoms with van der Waals surface area (Å²) >= 11 is 0. The number of aryl methyl sites for hydroxylation is 2. The van der Waals surface area contributed by atoms with E-state index in [9.17, 15) is 10.1 Å². The van der Waals surface area contributed by atoms with E-state index in [0.29, 0.717) is 6.54 Å². The van der Waals surface area contributed by atoms with Gasteiger partial charge in [0.2, 0.25) is 0 Å². The summed E-state index contributed by atoms with van der Waals surface area (Å²) in [7, 11) is 0. The van der Waals surface area contributed by atoms with Crippen molar-refractivity contribution < 1.29 is 4.92 Å². The molecule has 0 fully saturated rings. The maximum Gasteiger partial charge on any atom is 0.265 e. The van der Waals surface area contributed by atoms with Gasteiger partial charge in [-0.05, 0) is 30.5 Å². The fourth-order valence-corrected chi connectivity index (χ4v) is 3.99. The van der Waals surface area contributed by atoms with Crippen LogP contribution in [0.5, 0.6) is 0 Å². The molecule has 4 heteroatoms. The molecule has 0 bridgehead atoms. The highest BCUT2D eigenvalue weighted by Gasteiger charge is 2.43. The zero-order valence-electron chi connectivity index (χ0n) is 16.7. The summed E-state index contributed by atoms with van der Waals surface area (Å²) in [6, 6.07) is 25.9. The SMILES string of the molecule is Cc1ccc([C@@H]2C=C([N+](=O)[O-])[C@@H](c3ccc(C)cc3)N2Cc2ccccc2)cc1. The third-order valence-electron chi connectivity index (χ3n) is 5.53. The second-order valence-electron chi connectivity index (χ2n) is 7.68. The Morgan fingerprint density at radius 2 is 1.38 bits per heavy atom. The van der Waals surface area contributed by atoms with Crippen molar-refractivity contribution in [2.75, 3.05) is 0 Å². The van der Waals surface area contributed by atoms with Crippen molar-refractivity contribution in [3.05, 3.63) is 129 Å². The Labute approximate surface area is 171 Å². The zero-order valence-corrected chi connectivity index (χ0v) is 16.7. The molecule has 2 atom stereocenters. The Morgan fingerprint density at radius 3 is 1.93 bits per heavy atom. The summed E-state index contributed by atoms with van der Waals surface area (Å²) in [6.07, 6.45) is 1.82. The second-order valence-corrected chi connectivity index (χ2v) is 7.68. The van der Waals surface area contributed by atoms with E-state index in [1.165, 1.54) is 5.56 Å². The number of benzene rings is 3. The maximum absolute atomic E-state index is 12.0. The molecular formula is C25H24N2O2. The second kappa shape index (κ2) is 8.02. The van der Waals surface area contributed by atoms with Gasteiger partial charge in [-0.2, -0.15) is 0 Å². The average molecular weight is 384 g/mol. The summed E-state index contributed by atoms with van der Waals surface area (Å²) in [4.78, 5) is 14.0. The van der Waals surface area contributed by atoms with Crippen LogP contribution in [-0.4, -0.2) is 9.82 Å². The quantitative estimate of drug-likeness (QED) is 0.415. The van der Waals surface area contributed by atoms with Crippen LogP contribution in [-0.2, 0) is 6.54 Å². The minimum absolute atomic E-state index is 0.150. The van der Waals surface area contributed by atoms with Crippen LogP contribution in [0.15, 0.2) is 90.6 Å². The molecule has 146 valence electrons. The molecule has 0 aromatic heterocycles. The first kappa shape index (κ1) is 19.1. The van der Waals surface area contributed by atoms with Gasteiger partial charge in [0.25, 0.3) is 5.70 Å². The van der Waals surface area contributed by atoms with E-state index in [1.54, 1.807) is 0 Å². The molecule has 4 nitrogen and oxygen atoms in total. The number of rotatable bonds is 5. The summed E-state index contributed by atoms with van der Waals surface area (Å²) in [5.74, 6) is 0. The molecule has 0 saturated carbocycles. The first-order chi connectivity index (χ1) is 14.0. The molecule has 4 rings (SSSR count). The standard InChI is InChI=1S/C25H24N2O2/c1-18-8-12-21(13-9-18)23-16-24(27(28)29)25(22-14-10-19(2)11-15-22)26(23)17-20-6-4-3-5-7-20/h3-16,23,25H,17H2,1-2H3/t23-,25+/m0/s1. The van der Waals surface area contributed by atoms with Crippen molar-refractivity contribution in [1.29, 1.82) is 0 Å².